The zero-order chi connectivity index (χ0) is 17.3. The molecule has 1 aromatic carbocycles. The quantitative estimate of drug-likeness (QED) is 0.781. The lowest BCUT2D eigenvalue weighted by Gasteiger charge is -2.28. The maximum Gasteiger partial charge on any atom is 0.262 e. The van der Waals surface area contributed by atoms with Crippen LogP contribution in [-0.4, -0.2) is 41.1 Å². The minimum Gasteiger partial charge on any atom is -0.369 e. The number of amides is 4. The van der Waals surface area contributed by atoms with Gasteiger partial charge in [0, 0.05) is 12.0 Å². The zero-order valence-electron chi connectivity index (χ0n) is 13.2. The fraction of sp³-hybridized carbons (Fsp3) is 0.412. The van der Waals surface area contributed by atoms with Gasteiger partial charge in [0.15, 0.2) is 0 Å². The molecule has 7 heteroatoms. The molecule has 2 aliphatic rings. The van der Waals surface area contributed by atoms with Crippen molar-refractivity contribution in [2.75, 3.05) is 6.54 Å². The van der Waals surface area contributed by atoms with Gasteiger partial charge in [-0.1, -0.05) is 18.6 Å². The summed E-state index contributed by atoms with van der Waals surface area (Å²) in [6.07, 6.45) is 2.81. The van der Waals surface area contributed by atoms with Crippen LogP contribution < -0.4 is 11.1 Å². The Labute approximate surface area is 139 Å². The van der Waals surface area contributed by atoms with E-state index in [9.17, 15) is 19.2 Å². The van der Waals surface area contributed by atoms with Gasteiger partial charge in [0.25, 0.3) is 11.8 Å². The van der Waals surface area contributed by atoms with Crippen molar-refractivity contribution in [2.24, 2.45) is 11.7 Å². The molecule has 3 N–H and O–H groups in total. The molecule has 1 saturated carbocycles. The van der Waals surface area contributed by atoms with Crippen molar-refractivity contribution in [3.63, 3.8) is 0 Å². The summed E-state index contributed by atoms with van der Waals surface area (Å²) in [6.45, 7) is -0.315. The maximum atomic E-state index is 12.2. The van der Waals surface area contributed by atoms with Crippen molar-refractivity contribution in [1.29, 1.82) is 0 Å². The van der Waals surface area contributed by atoms with E-state index >= 15 is 0 Å². The number of imide groups is 1. The molecule has 7 nitrogen and oxygen atoms in total. The molecule has 24 heavy (non-hydrogen) atoms. The first-order chi connectivity index (χ1) is 11.5. The standard InChI is InChI=1S/C17H19N3O4/c18-15(22)10-4-3-5-11(8-10)19-14(21)9-20-16(23)12-6-1-2-7-13(12)17(20)24/h1-2,6-7,10-11H,3-5,8-9H2,(H2,18,22)(H,19,21)/t10-,11-/m1/s1. The highest BCUT2D eigenvalue weighted by Crippen LogP contribution is 2.25. The predicted molar refractivity (Wildman–Crippen MR) is 84.9 cm³/mol. The number of rotatable bonds is 4. The van der Waals surface area contributed by atoms with Crippen LogP contribution in [0.2, 0.25) is 0 Å². The number of hydrogen-bond acceptors (Lipinski definition) is 4. The fourth-order valence-electron chi connectivity index (χ4n) is 3.38. The molecule has 0 aromatic heterocycles. The average Bonchev–Trinajstić information content (AvgIpc) is 2.80. The van der Waals surface area contributed by atoms with Crippen LogP contribution in [0.1, 0.15) is 46.4 Å². The van der Waals surface area contributed by atoms with Gasteiger partial charge in [-0.3, -0.25) is 24.1 Å². The summed E-state index contributed by atoms with van der Waals surface area (Å²) in [5, 5.41) is 2.81. The Hall–Kier alpha value is -2.70. The van der Waals surface area contributed by atoms with Crippen molar-refractivity contribution in [2.45, 2.75) is 31.7 Å². The molecule has 2 atom stereocenters. The first kappa shape index (κ1) is 16.2. The molecule has 3 rings (SSSR count). The van der Waals surface area contributed by atoms with Crippen molar-refractivity contribution in [1.82, 2.24) is 10.2 Å². The monoisotopic (exact) mass is 329 g/mol. The average molecular weight is 329 g/mol. The summed E-state index contributed by atoms with van der Waals surface area (Å²) in [7, 11) is 0. The molecule has 4 amide bonds. The summed E-state index contributed by atoms with van der Waals surface area (Å²) in [4.78, 5) is 48.9. The van der Waals surface area contributed by atoms with E-state index < -0.39 is 17.7 Å². The third-order valence-electron chi connectivity index (χ3n) is 4.62. The second kappa shape index (κ2) is 6.43. The minimum absolute atomic E-state index is 0.154. The van der Waals surface area contributed by atoms with Crippen LogP contribution in [0, 0.1) is 5.92 Å². The van der Waals surface area contributed by atoms with E-state index in [0.717, 1.165) is 24.2 Å². The van der Waals surface area contributed by atoms with Gasteiger partial charge in [-0.05, 0) is 31.4 Å². The number of benzene rings is 1. The molecule has 1 aromatic rings. The highest BCUT2D eigenvalue weighted by atomic mass is 16.2. The third-order valence-corrected chi connectivity index (χ3v) is 4.62. The number of fused-ring (bicyclic) bond motifs is 1. The van der Waals surface area contributed by atoms with Crippen LogP contribution in [0.5, 0.6) is 0 Å². The van der Waals surface area contributed by atoms with Gasteiger partial charge >= 0.3 is 0 Å². The van der Waals surface area contributed by atoms with Crippen molar-refractivity contribution in [3.05, 3.63) is 35.4 Å². The maximum absolute atomic E-state index is 12.2. The van der Waals surface area contributed by atoms with Crippen molar-refractivity contribution < 1.29 is 19.2 Å². The Balaban J connectivity index is 1.61. The zero-order valence-corrected chi connectivity index (χ0v) is 13.2. The summed E-state index contributed by atoms with van der Waals surface area (Å²) in [5.74, 6) is -1.90. The number of carbonyl (C=O) groups is 4. The van der Waals surface area contributed by atoms with E-state index in [1.165, 1.54) is 0 Å². The summed E-state index contributed by atoms with van der Waals surface area (Å²) >= 11 is 0. The molecular formula is C17H19N3O4. The predicted octanol–water partition coefficient (Wildman–Crippen LogP) is 0.443. The van der Waals surface area contributed by atoms with Crippen molar-refractivity contribution >= 4 is 23.6 Å². The van der Waals surface area contributed by atoms with Crippen LogP contribution in [0.25, 0.3) is 0 Å². The lowest BCUT2D eigenvalue weighted by molar-refractivity contribution is -0.125. The molecule has 0 unspecified atom stereocenters. The van der Waals surface area contributed by atoms with Gasteiger partial charge < -0.3 is 11.1 Å². The van der Waals surface area contributed by atoms with E-state index in [1.807, 2.05) is 0 Å². The van der Waals surface area contributed by atoms with E-state index in [-0.39, 0.29) is 24.4 Å². The molecule has 0 bridgehead atoms. The van der Waals surface area contributed by atoms with Gasteiger partial charge in [-0.25, -0.2) is 0 Å². The molecule has 0 spiro atoms. The molecule has 1 aliphatic heterocycles. The Morgan fingerprint density at radius 3 is 2.33 bits per heavy atom. The normalized spacial score (nSPS) is 23.1. The number of primary amides is 1. The van der Waals surface area contributed by atoms with Crippen LogP contribution in [0.3, 0.4) is 0 Å². The smallest absolute Gasteiger partial charge is 0.262 e. The SMILES string of the molecule is NC(=O)[C@@H]1CCC[C@@H](NC(=O)CN2C(=O)c3ccccc3C2=O)C1. The molecular weight excluding hydrogens is 310 g/mol. The molecule has 1 fully saturated rings. The van der Waals surface area contributed by atoms with Crippen LogP contribution in [-0.2, 0) is 9.59 Å². The topological polar surface area (TPSA) is 110 Å². The van der Waals surface area contributed by atoms with E-state index in [1.54, 1.807) is 24.3 Å². The van der Waals surface area contributed by atoms with Gasteiger partial charge in [0.05, 0.1) is 11.1 Å². The van der Waals surface area contributed by atoms with Crippen LogP contribution >= 0.6 is 0 Å². The highest BCUT2D eigenvalue weighted by molar-refractivity contribution is 6.22. The summed E-state index contributed by atoms with van der Waals surface area (Å²) in [6, 6.07) is 6.36. The molecule has 0 saturated heterocycles. The Bertz CT molecular complexity index is 681. The summed E-state index contributed by atoms with van der Waals surface area (Å²) in [5.41, 5.74) is 5.97. The van der Waals surface area contributed by atoms with E-state index in [0.29, 0.717) is 17.5 Å². The molecule has 1 aliphatic carbocycles. The first-order valence-electron chi connectivity index (χ1n) is 8.01. The molecule has 126 valence electrons. The van der Waals surface area contributed by atoms with Gasteiger partial charge in [0.1, 0.15) is 6.54 Å². The van der Waals surface area contributed by atoms with Gasteiger partial charge in [-0.2, -0.15) is 0 Å². The second-order valence-electron chi connectivity index (χ2n) is 6.27. The largest absolute Gasteiger partial charge is 0.369 e. The highest BCUT2D eigenvalue weighted by Gasteiger charge is 2.36. The number of nitrogens with zero attached hydrogens (tertiary/aromatic N) is 1. The first-order valence-corrected chi connectivity index (χ1v) is 8.01. The van der Waals surface area contributed by atoms with Crippen LogP contribution in [0.15, 0.2) is 24.3 Å². The number of carbonyl (C=O) groups excluding carboxylic acids is 4. The Morgan fingerprint density at radius 2 is 1.75 bits per heavy atom. The number of nitrogens with one attached hydrogen (secondary N) is 1. The Kier molecular flexibility index (Phi) is 4.33. The minimum atomic E-state index is -0.454. The number of hydrogen-bond donors (Lipinski definition) is 2. The number of nitrogens with two attached hydrogens (primary N) is 1. The second-order valence-corrected chi connectivity index (χ2v) is 6.27. The molecule has 0 radical (unpaired) electrons. The lowest BCUT2D eigenvalue weighted by atomic mass is 9.85. The van der Waals surface area contributed by atoms with E-state index in [4.69, 9.17) is 5.73 Å². The summed E-state index contributed by atoms with van der Waals surface area (Å²) < 4.78 is 0. The van der Waals surface area contributed by atoms with Crippen molar-refractivity contribution in [3.8, 4) is 0 Å². The van der Waals surface area contributed by atoms with Gasteiger partial charge in [0.2, 0.25) is 11.8 Å². The Morgan fingerprint density at radius 1 is 1.12 bits per heavy atom. The fourth-order valence-corrected chi connectivity index (χ4v) is 3.38. The van der Waals surface area contributed by atoms with E-state index in [2.05, 4.69) is 5.32 Å². The van der Waals surface area contributed by atoms with Gasteiger partial charge in [-0.15, -0.1) is 0 Å². The third kappa shape index (κ3) is 3.02. The molecule has 1 heterocycles. The van der Waals surface area contributed by atoms with Crippen LogP contribution in [0.4, 0.5) is 0 Å². The lowest BCUT2D eigenvalue weighted by Crippen LogP contribution is -2.46.